The van der Waals surface area contributed by atoms with Crippen molar-refractivity contribution in [3.63, 3.8) is 0 Å². The molecule has 2 rings (SSSR count). The van der Waals surface area contributed by atoms with Crippen LogP contribution in [0.15, 0.2) is 47.4 Å². The highest BCUT2D eigenvalue weighted by molar-refractivity contribution is 7.99. The molecule has 0 saturated carbocycles. The fraction of sp³-hybridized carbons (Fsp3) is 0.417. The minimum Gasteiger partial charge on any atom is -0.350 e. The van der Waals surface area contributed by atoms with Crippen LogP contribution < -0.4 is 5.32 Å². The Balaban J connectivity index is 2.16. The van der Waals surface area contributed by atoms with Gasteiger partial charge in [-0.15, -0.1) is 11.8 Å². The zero-order valence-electron chi connectivity index (χ0n) is 18.7. The summed E-state index contributed by atoms with van der Waals surface area (Å²) >= 11 is 14.3. The lowest BCUT2D eigenvalue weighted by atomic mass is 10.1. The molecular weight excluding hydrogens is 451 g/mol. The Labute approximate surface area is 199 Å². The van der Waals surface area contributed by atoms with Crippen molar-refractivity contribution in [2.24, 2.45) is 0 Å². The number of nitrogens with zero attached hydrogens (tertiary/aromatic N) is 1. The van der Waals surface area contributed by atoms with Crippen molar-refractivity contribution in [3.8, 4) is 0 Å². The molecule has 0 saturated heterocycles. The summed E-state index contributed by atoms with van der Waals surface area (Å²) in [6.07, 6.45) is 0.299. The zero-order chi connectivity index (χ0) is 23.2. The van der Waals surface area contributed by atoms with Gasteiger partial charge in [-0.25, -0.2) is 0 Å². The molecule has 0 aliphatic heterocycles. The number of aryl methyl sites for hydroxylation is 1. The van der Waals surface area contributed by atoms with E-state index in [9.17, 15) is 9.59 Å². The molecule has 168 valence electrons. The van der Waals surface area contributed by atoms with Gasteiger partial charge in [0.25, 0.3) is 0 Å². The van der Waals surface area contributed by atoms with Gasteiger partial charge in [0.1, 0.15) is 6.04 Å². The van der Waals surface area contributed by atoms with Crippen molar-refractivity contribution >= 4 is 46.8 Å². The molecule has 2 aromatic carbocycles. The van der Waals surface area contributed by atoms with Crippen LogP contribution in [0.1, 0.15) is 45.2 Å². The summed E-state index contributed by atoms with van der Waals surface area (Å²) in [6, 6.07) is 12.8. The molecule has 1 N–H and O–H groups in total. The molecule has 0 radical (unpaired) electrons. The summed E-state index contributed by atoms with van der Waals surface area (Å²) < 4.78 is 0. The number of halogens is 2. The minimum atomic E-state index is -0.663. The number of benzene rings is 2. The van der Waals surface area contributed by atoms with Crippen molar-refractivity contribution in [3.05, 3.63) is 63.6 Å². The summed E-state index contributed by atoms with van der Waals surface area (Å²) in [5.74, 6) is 0.282. The van der Waals surface area contributed by atoms with Gasteiger partial charge in [-0.1, -0.05) is 47.0 Å². The maximum atomic E-state index is 13.2. The molecule has 2 aromatic rings. The van der Waals surface area contributed by atoms with Crippen LogP contribution >= 0.6 is 35.0 Å². The fourth-order valence-corrected chi connectivity index (χ4v) is 4.30. The van der Waals surface area contributed by atoms with Gasteiger partial charge in [-0.2, -0.15) is 0 Å². The second-order valence-corrected chi connectivity index (χ2v) is 10.5. The molecule has 0 spiro atoms. The Morgan fingerprint density at radius 2 is 1.65 bits per heavy atom. The Morgan fingerprint density at radius 3 is 2.19 bits per heavy atom. The van der Waals surface area contributed by atoms with Gasteiger partial charge < -0.3 is 10.2 Å². The van der Waals surface area contributed by atoms with Gasteiger partial charge in [0.05, 0.1) is 0 Å². The van der Waals surface area contributed by atoms with E-state index in [0.29, 0.717) is 27.8 Å². The molecule has 2 amide bonds. The lowest BCUT2D eigenvalue weighted by Crippen LogP contribution is -2.52. The molecule has 7 heteroatoms. The monoisotopic (exact) mass is 480 g/mol. The van der Waals surface area contributed by atoms with Crippen LogP contribution in [0.2, 0.25) is 10.0 Å². The second-order valence-electron chi connectivity index (χ2n) is 8.55. The third-order valence-corrected chi connectivity index (χ3v) is 6.38. The summed E-state index contributed by atoms with van der Waals surface area (Å²) in [4.78, 5) is 28.7. The Kier molecular flexibility index (Phi) is 9.28. The van der Waals surface area contributed by atoms with Crippen LogP contribution in [0, 0.1) is 6.92 Å². The summed E-state index contributed by atoms with van der Waals surface area (Å²) in [5, 5.41) is 3.90. The molecule has 31 heavy (non-hydrogen) atoms. The van der Waals surface area contributed by atoms with Crippen LogP contribution in [-0.2, 0) is 16.1 Å². The summed E-state index contributed by atoms with van der Waals surface area (Å²) in [5.41, 5.74) is 1.44. The molecule has 0 heterocycles. The maximum Gasteiger partial charge on any atom is 0.242 e. The van der Waals surface area contributed by atoms with Crippen LogP contribution in [0.4, 0.5) is 0 Å². The van der Waals surface area contributed by atoms with Gasteiger partial charge in [0.2, 0.25) is 11.8 Å². The minimum absolute atomic E-state index is 0.118. The first-order valence-electron chi connectivity index (χ1n) is 10.2. The second kappa shape index (κ2) is 11.3. The number of rotatable bonds is 8. The number of hydrogen-bond donors (Lipinski definition) is 1. The number of carbonyl (C=O) groups excluding carboxylic acids is 2. The molecule has 0 fully saturated rings. The van der Waals surface area contributed by atoms with Crippen LogP contribution in [0.25, 0.3) is 0 Å². The first-order valence-corrected chi connectivity index (χ1v) is 12.0. The van der Waals surface area contributed by atoms with Crippen LogP contribution in [0.3, 0.4) is 0 Å². The fourth-order valence-electron chi connectivity index (χ4n) is 2.94. The predicted octanol–water partition coefficient (Wildman–Crippen LogP) is 6.12. The summed E-state index contributed by atoms with van der Waals surface area (Å²) in [6.45, 7) is 9.68. The van der Waals surface area contributed by atoms with E-state index in [1.54, 1.807) is 41.8 Å². The Hall–Kier alpha value is -1.69. The van der Waals surface area contributed by atoms with Gasteiger partial charge >= 0.3 is 0 Å². The van der Waals surface area contributed by atoms with Crippen LogP contribution in [0.5, 0.6) is 0 Å². The van der Waals surface area contributed by atoms with E-state index in [0.717, 1.165) is 4.90 Å². The first kappa shape index (κ1) is 25.6. The molecular formula is C24H30Cl2N2O2S. The highest BCUT2D eigenvalue weighted by Crippen LogP contribution is 2.27. The smallest absolute Gasteiger partial charge is 0.242 e. The molecule has 4 nitrogen and oxygen atoms in total. The standard InChI is InChI=1S/C24H30Cl2N2O2S/c1-16-9-11-18(12-10-16)31-14-13-22(29)28(17(2)23(30)27-24(3,4)5)15-19-20(25)7-6-8-21(19)26/h6-12,17H,13-15H2,1-5H3,(H,27,30)/t17-/m0/s1. The largest absolute Gasteiger partial charge is 0.350 e. The third-order valence-electron chi connectivity index (χ3n) is 4.66. The van der Waals surface area contributed by atoms with E-state index in [1.807, 2.05) is 39.8 Å². The average molecular weight is 481 g/mol. The van der Waals surface area contributed by atoms with Gasteiger partial charge in [-0.3, -0.25) is 9.59 Å². The molecule has 0 aromatic heterocycles. The molecule has 0 aliphatic carbocycles. The van der Waals surface area contributed by atoms with E-state index in [2.05, 4.69) is 17.4 Å². The molecule has 1 atom stereocenters. The van der Waals surface area contributed by atoms with E-state index < -0.39 is 11.6 Å². The maximum absolute atomic E-state index is 13.2. The van der Waals surface area contributed by atoms with Crippen LogP contribution in [-0.4, -0.2) is 34.0 Å². The van der Waals surface area contributed by atoms with E-state index >= 15 is 0 Å². The van der Waals surface area contributed by atoms with Crippen molar-refractivity contribution in [2.45, 2.75) is 64.1 Å². The highest BCUT2D eigenvalue weighted by Gasteiger charge is 2.29. The number of carbonyl (C=O) groups is 2. The molecule has 0 aliphatic rings. The number of hydrogen-bond acceptors (Lipinski definition) is 3. The number of amides is 2. The van der Waals surface area contributed by atoms with Crippen molar-refractivity contribution in [2.75, 3.05) is 5.75 Å². The van der Waals surface area contributed by atoms with Crippen molar-refractivity contribution in [1.29, 1.82) is 0 Å². The number of thioether (sulfide) groups is 1. The lowest BCUT2D eigenvalue weighted by molar-refractivity contribution is -0.140. The van der Waals surface area contributed by atoms with E-state index in [4.69, 9.17) is 23.2 Å². The lowest BCUT2D eigenvalue weighted by Gasteiger charge is -2.32. The SMILES string of the molecule is Cc1ccc(SCCC(=O)N(Cc2c(Cl)cccc2Cl)[C@@H](C)C(=O)NC(C)(C)C)cc1. The van der Waals surface area contributed by atoms with Crippen molar-refractivity contribution < 1.29 is 9.59 Å². The highest BCUT2D eigenvalue weighted by atomic mass is 35.5. The quantitative estimate of drug-likeness (QED) is 0.463. The average Bonchev–Trinajstić information content (AvgIpc) is 2.67. The summed E-state index contributed by atoms with van der Waals surface area (Å²) in [7, 11) is 0. The van der Waals surface area contributed by atoms with E-state index in [-0.39, 0.29) is 18.4 Å². The Morgan fingerprint density at radius 1 is 1.06 bits per heavy atom. The molecule has 0 unspecified atom stereocenters. The topological polar surface area (TPSA) is 49.4 Å². The normalized spacial score (nSPS) is 12.4. The van der Waals surface area contributed by atoms with Gasteiger partial charge in [0.15, 0.2) is 0 Å². The van der Waals surface area contributed by atoms with Gasteiger partial charge in [0, 0.05) is 44.8 Å². The van der Waals surface area contributed by atoms with Crippen molar-refractivity contribution in [1.82, 2.24) is 10.2 Å². The third kappa shape index (κ3) is 8.06. The van der Waals surface area contributed by atoms with Gasteiger partial charge in [-0.05, 0) is 58.9 Å². The zero-order valence-corrected chi connectivity index (χ0v) is 21.0. The molecule has 0 bridgehead atoms. The number of nitrogens with one attached hydrogen (secondary N) is 1. The van der Waals surface area contributed by atoms with E-state index in [1.165, 1.54) is 5.56 Å². The Bertz CT molecular complexity index is 891. The first-order chi connectivity index (χ1) is 14.5. The predicted molar refractivity (Wildman–Crippen MR) is 131 cm³/mol.